The van der Waals surface area contributed by atoms with Gasteiger partial charge < -0.3 is 40.2 Å². The third-order valence-corrected chi connectivity index (χ3v) is 9.86. The average molecular weight is 871 g/mol. The molecular weight excluding hydrogens is 789 g/mol. The third kappa shape index (κ3) is 39.2. The van der Waals surface area contributed by atoms with E-state index in [0.717, 1.165) is 45.6 Å². The van der Waals surface area contributed by atoms with E-state index in [1.54, 1.807) is 0 Å². The lowest BCUT2D eigenvalue weighted by Crippen LogP contribution is -2.52. The van der Waals surface area contributed by atoms with Crippen molar-refractivity contribution in [1.29, 1.82) is 0 Å². The van der Waals surface area contributed by atoms with Gasteiger partial charge in [-0.1, -0.05) is 168 Å². The van der Waals surface area contributed by atoms with Crippen molar-refractivity contribution >= 4 is 29.8 Å². The zero-order valence-corrected chi connectivity index (χ0v) is 37.1. The summed E-state index contributed by atoms with van der Waals surface area (Å²) in [5.41, 5.74) is 5.91. The number of aliphatic hydroxyl groups excluding tert-OH is 1. The first-order chi connectivity index (χ1) is 28.7. The number of carboxylic acid groups (broad SMARTS) is 1. The van der Waals surface area contributed by atoms with E-state index in [9.17, 15) is 37.5 Å². The number of aliphatic hydroxyl groups is 1. The maximum Gasteiger partial charge on any atom is 0.490 e. The van der Waals surface area contributed by atoms with Crippen molar-refractivity contribution in [3.63, 3.8) is 0 Å². The zero-order chi connectivity index (χ0) is 45.3. The first-order valence-corrected chi connectivity index (χ1v) is 22.7. The van der Waals surface area contributed by atoms with Crippen molar-refractivity contribution in [3.8, 4) is 0 Å². The third-order valence-electron chi connectivity index (χ3n) is 9.86. The molecule has 0 aromatic heterocycles. The van der Waals surface area contributed by atoms with Gasteiger partial charge in [-0.05, 0) is 12.8 Å². The Morgan fingerprint density at radius 3 is 1.32 bits per heavy atom. The molecule has 60 heavy (non-hydrogen) atoms. The van der Waals surface area contributed by atoms with Crippen LogP contribution >= 0.6 is 0 Å². The quantitative estimate of drug-likeness (QED) is 0.0260. The molecule has 13 nitrogen and oxygen atoms in total. The maximum atomic E-state index is 12.7. The largest absolute Gasteiger partial charge is 0.490 e. The number of amides is 1. The van der Waals surface area contributed by atoms with Gasteiger partial charge in [-0.15, -0.1) is 0 Å². The molecule has 16 heteroatoms. The van der Waals surface area contributed by atoms with E-state index in [1.807, 2.05) is 0 Å². The van der Waals surface area contributed by atoms with Crippen LogP contribution in [0.4, 0.5) is 13.2 Å². The number of nitrogens with one attached hydrogen (secondary N) is 1. The number of carboxylic acids is 1. The highest BCUT2D eigenvalue weighted by molar-refractivity contribution is 5.87. The number of esters is 3. The number of carbonyl (C=O) groups is 5. The number of methoxy groups -OCH3 is 1. The number of hydrogen-bond acceptors (Lipinski definition) is 11. The summed E-state index contributed by atoms with van der Waals surface area (Å²) < 4.78 is 53.0. The second kappa shape index (κ2) is 41.4. The summed E-state index contributed by atoms with van der Waals surface area (Å²) in [6.45, 7) is 3.32. The molecule has 0 rings (SSSR count). The lowest BCUT2D eigenvalue weighted by atomic mass is 10.0. The number of hydrogen-bond donors (Lipinski definition) is 4. The SMILES string of the molecule is CCCCCCCCCCCCCCCC(=O)OC[C@H](COCC(N)C(=O)N[C@H](CO)C(=O)OC)OC(=O)CCCCCCCCCCCCCCC.O=C(O)C(F)(F)F. The van der Waals surface area contributed by atoms with Crippen molar-refractivity contribution < 1.29 is 66.3 Å². The van der Waals surface area contributed by atoms with Crippen LogP contribution in [0.5, 0.6) is 0 Å². The Morgan fingerprint density at radius 2 is 0.967 bits per heavy atom. The number of carbonyl (C=O) groups excluding carboxylic acids is 4. The molecule has 0 saturated heterocycles. The molecule has 0 heterocycles. The van der Waals surface area contributed by atoms with Gasteiger partial charge in [0, 0.05) is 12.8 Å². The fraction of sp³-hybridized carbons (Fsp3) is 0.886. The van der Waals surface area contributed by atoms with E-state index in [1.165, 1.54) is 128 Å². The molecule has 3 atom stereocenters. The van der Waals surface area contributed by atoms with Crippen LogP contribution < -0.4 is 11.1 Å². The Morgan fingerprint density at radius 1 is 0.600 bits per heavy atom. The fourth-order valence-corrected chi connectivity index (χ4v) is 6.20. The van der Waals surface area contributed by atoms with Crippen LogP contribution in [0.25, 0.3) is 0 Å². The van der Waals surface area contributed by atoms with Gasteiger partial charge in [0.2, 0.25) is 5.91 Å². The molecule has 0 aliphatic carbocycles. The van der Waals surface area contributed by atoms with Crippen LogP contribution in [0.3, 0.4) is 0 Å². The Kier molecular flexibility index (Phi) is 40.8. The van der Waals surface area contributed by atoms with Gasteiger partial charge in [0.1, 0.15) is 12.6 Å². The van der Waals surface area contributed by atoms with Gasteiger partial charge in [0.05, 0.1) is 26.9 Å². The van der Waals surface area contributed by atoms with Crippen LogP contribution in [0.1, 0.15) is 194 Å². The van der Waals surface area contributed by atoms with Crippen LogP contribution in [-0.2, 0) is 42.9 Å². The van der Waals surface area contributed by atoms with Crippen LogP contribution in [0, 0.1) is 0 Å². The van der Waals surface area contributed by atoms with E-state index in [4.69, 9.17) is 29.8 Å². The molecule has 1 amide bonds. The standard InChI is InChI=1S/C42H80N2O9.C2HF3O2/c1-4-6-8-10-12-14-16-18-20-22-24-26-28-30-39(46)52-34-36(33-51-35-37(43)41(48)44-38(32-45)42(49)50-3)53-40(47)31-29-27-25-23-21-19-17-15-13-11-9-7-5-2;3-2(4,5)1(6)7/h36-38,45H,4-35,43H2,1-3H3,(H,44,48);(H,6,7)/t36-,37?,38+;/m0./s1. The number of nitrogens with two attached hydrogens (primary N) is 1. The minimum absolute atomic E-state index is 0.127. The van der Waals surface area contributed by atoms with Crippen LogP contribution in [0.2, 0.25) is 0 Å². The topological polar surface area (TPSA) is 201 Å². The van der Waals surface area contributed by atoms with E-state index < -0.39 is 48.8 Å². The lowest BCUT2D eigenvalue weighted by molar-refractivity contribution is -0.192. The van der Waals surface area contributed by atoms with Crippen molar-refractivity contribution in [2.75, 3.05) is 33.5 Å². The second-order valence-electron chi connectivity index (χ2n) is 15.5. The molecular formula is C44H81F3N2O11. The zero-order valence-electron chi connectivity index (χ0n) is 37.1. The van der Waals surface area contributed by atoms with Crippen molar-refractivity contribution in [2.24, 2.45) is 5.73 Å². The second-order valence-corrected chi connectivity index (χ2v) is 15.5. The van der Waals surface area contributed by atoms with Crippen molar-refractivity contribution in [1.82, 2.24) is 5.32 Å². The summed E-state index contributed by atoms with van der Waals surface area (Å²) >= 11 is 0. The van der Waals surface area contributed by atoms with Crippen LogP contribution in [0.15, 0.2) is 0 Å². The van der Waals surface area contributed by atoms with Crippen LogP contribution in [-0.4, -0.2) is 97.9 Å². The van der Waals surface area contributed by atoms with E-state index in [-0.39, 0.29) is 38.2 Å². The fourth-order valence-electron chi connectivity index (χ4n) is 6.20. The van der Waals surface area contributed by atoms with Crippen molar-refractivity contribution in [2.45, 2.75) is 218 Å². The molecule has 0 aliphatic heterocycles. The Balaban J connectivity index is 0. The Labute approximate surface area is 358 Å². The molecule has 5 N–H and O–H groups in total. The summed E-state index contributed by atoms with van der Waals surface area (Å²) in [5.74, 6) is -5.01. The number of alkyl halides is 3. The van der Waals surface area contributed by atoms with Gasteiger partial charge in [0.15, 0.2) is 12.1 Å². The van der Waals surface area contributed by atoms with E-state index in [0.29, 0.717) is 6.42 Å². The molecule has 1 unspecified atom stereocenters. The Hall–Kier alpha value is -2.98. The van der Waals surface area contributed by atoms with Gasteiger partial charge in [-0.2, -0.15) is 13.2 Å². The van der Waals surface area contributed by atoms with Crippen molar-refractivity contribution in [3.05, 3.63) is 0 Å². The highest BCUT2D eigenvalue weighted by Crippen LogP contribution is 2.16. The van der Waals surface area contributed by atoms with Gasteiger partial charge in [-0.25, -0.2) is 9.59 Å². The molecule has 0 radical (unpaired) electrons. The van der Waals surface area contributed by atoms with Gasteiger partial charge >= 0.3 is 30.1 Å². The summed E-state index contributed by atoms with van der Waals surface area (Å²) in [7, 11) is 1.15. The maximum absolute atomic E-state index is 12.7. The molecule has 0 bridgehead atoms. The number of ether oxygens (including phenoxy) is 4. The molecule has 0 aromatic carbocycles. The summed E-state index contributed by atoms with van der Waals surface area (Å²) in [6, 6.07) is -2.40. The molecule has 0 aliphatic rings. The normalized spacial score (nSPS) is 12.7. The molecule has 0 aromatic rings. The predicted molar refractivity (Wildman–Crippen MR) is 225 cm³/mol. The highest BCUT2D eigenvalue weighted by Gasteiger charge is 2.38. The molecule has 0 spiro atoms. The van der Waals surface area contributed by atoms with E-state index >= 15 is 0 Å². The smallest absolute Gasteiger partial charge is 0.475 e. The number of halogens is 3. The summed E-state index contributed by atoms with van der Waals surface area (Å²) in [4.78, 5) is 58.1. The van der Waals surface area contributed by atoms with Gasteiger partial charge in [-0.3, -0.25) is 14.4 Å². The van der Waals surface area contributed by atoms with Gasteiger partial charge in [0.25, 0.3) is 0 Å². The average Bonchev–Trinajstić information content (AvgIpc) is 3.21. The lowest BCUT2D eigenvalue weighted by Gasteiger charge is -2.20. The molecule has 0 fully saturated rings. The monoisotopic (exact) mass is 871 g/mol. The molecule has 354 valence electrons. The number of unbranched alkanes of at least 4 members (excludes halogenated alkanes) is 24. The summed E-state index contributed by atoms with van der Waals surface area (Å²) in [6.07, 6.45) is 26.3. The minimum Gasteiger partial charge on any atom is -0.475 e. The van der Waals surface area contributed by atoms with E-state index in [2.05, 4.69) is 23.9 Å². The first kappa shape index (κ1) is 59.1. The number of aliphatic carboxylic acids is 1. The number of rotatable bonds is 39. The summed E-state index contributed by atoms with van der Waals surface area (Å²) in [5, 5.41) is 18.8. The first-order valence-electron chi connectivity index (χ1n) is 22.7. The molecule has 0 saturated carbocycles. The predicted octanol–water partition coefficient (Wildman–Crippen LogP) is 9.03. The Bertz CT molecular complexity index is 1080. The minimum atomic E-state index is -5.08. The highest BCUT2D eigenvalue weighted by atomic mass is 19.4.